The van der Waals surface area contributed by atoms with Crippen molar-refractivity contribution in [1.82, 2.24) is 0 Å². The highest BCUT2D eigenvalue weighted by molar-refractivity contribution is 5.79. The monoisotopic (exact) mass is 282 g/mol. The van der Waals surface area contributed by atoms with Crippen LogP contribution in [-0.4, -0.2) is 19.5 Å². The van der Waals surface area contributed by atoms with E-state index in [1.54, 1.807) is 0 Å². The fourth-order valence-corrected chi connectivity index (χ4v) is 2.67. The predicted molar refractivity (Wildman–Crippen MR) is 80.9 cm³/mol. The molecule has 2 aromatic carbocycles. The highest BCUT2D eigenvalue weighted by Crippen LogP contribution is 2.28. The molecule has 2 aromatic rings. The van der Waals surface area contributed by atoms with Crippen molar-refractivity contribution in [1.29, 1.82) is 0 Å². The zero-order chi connectivity index (χ0) is 14.7. The quantitative estimate of drug-likeness (QED) is 0.805. The van der Waals surface area contributed by atoms with Gasteiger partial charge in [-0.05, 0) is 36.6 Å². The average molecular weight is 282 g/mol. The maximum atomic E-state index is 11.1. The van der Waals surface area contributed by atoms with Gasteiger partial charge in [0.15, 0.2) is 6.29 Å². The molecule has 21 heavy (non-hydrogen) atoms. The molecule has 0 aliphatic carbocycles. The van der Waals surface area contributed by atoms with Crippen LogP contribution in [0.2, 0.25) is 0 Å². The van der Waals surface area contributed by atoms with Crippen LogP contribution in [0.25, 0.3) is 0 Å². The second-order valence-electron chi connectivity index (χ2n) is 5.28. The Kier molecular flexibility index (Phi) is 4.02. The molecule has 0 fully saturated rings. The van der Waals surface area contributed by atoms with Crippen LogP contribution < -0.4 is 4.74 Å². The van der Waals surface area contributed by atoms with Gasteiger partial charge in [-0.3, -0.25) is 4.79 Å². The summed E-state index contributed by atoms with van der Waals surface area (Å²) in [6.45, 7) is 3.08. The Hall–Kier alpha value is -2.13. The fourth-order valence-electron chi connectivity index (χ4n) is 2.67. The Morgan fingerprint density at radius 1 is 1.29 bits per heavy atom. The minimum Gasteiger partial charge on any atom is -0.490 e. The maximum Gasteiger partial charge on any atom is 0.153 e. The summed E-state index contributed by atoms with van der Waals surface area (Å²) in [4.78, 5) is 11.1. The summed E-state index contributed by atoms with van der Waals surface area (Å²) in [7, 11) is 0. The Labute approximate surface area is 124 Å². The van der Waals surface area contributed by atoms with E-state index in [0.717, 1.165) is 18.3 Å². The molecule has 0 radical (unpaired) electrons. The van der Waals surface area contributed by atoms with E-state index in [1.807, 2.05) is 37.3 Å². The van der Waals surface area contributed by atoms with E-state index in [2.05, 4.69) is 12.1 Å². The van der Waals surface area contributed by atoms with E-state index in [-0.39, 0.29) is 6.10 Å². The van der Waals surface area contributed by atoms with E-state index >= 15 is 0 Å². The van der Waals surface area contributed by atoms with Gasteiger partial charge in [0.25, 0.3) is 0 Å². The van der Waals surface area contributed by atoms with Gasteiger partial charge in [-0.2, -0.15) is 0 Å². The molecule has 3 heteroatoms. The number of ether oxygens (including phenoxy) is 2. The third-order valence-electron chi connectivity index (χ3n) is 3.77. The zero-order valence-corrected chi connectivity index (χ0v) is 12.0. The fraction of sp³-hybridized carbons (Fsp3) is 0.278. The van der Waals surface area contributed by atoms with Crippen LogP contribution in [-0.2, 0) is 11.2 Å². The van der Waals surface area contributed by atoms with Crippen molar-refractivity contribution in [2.75, 3.05) is 13.2 Å². The molecule has 0 spiro atoms. The van der Waals surface area contributed by atoms with Crippen molar-refractivity contribution in [2.45, 2.75) is 19.4 Å². The Balaban J connectivity index is 1.76. The molecule has 1 atom stereocenters. The van der Waals surface area contributed by atoms with Crippen molar-refractivity contribution < 1.29 is 14.3 Å². The summed E-state index contributed by atoms with van der Waals surface area (Å²) in [6.07, 6.45) is 1.70. The topological polar surface area (TPSA) is 35.5 Å². The molecule has 1 unspecified atom stereocenters. The first kappa shape index (κ1) is 13.8. The molecule has 0 saturated heterocycles. The first-order chi connectivity index (χ1) is 10.3. The second kappa shape index (κ2) is 6.10. The lowest BCUT2D eigenvalue weighted by atomic mass is 9.98. The Morgan fingerprint density at radius 2 is 2.14 bits per heavy atom. The number of hydrogen-bond donors (Lipinski definition) is 0. The molecule has 0 aromatic heterocycles. The highest BCUT2D eigenvalue weighted by atomic mass is 16.5. The van der Waals surface area contributed by atoms with E-state index in [1.165, 1.54) is 11.1 Å². The first-order valence-electron chi connectivity index (χ1n) is 7.16. The number of hydrogen-bond acceptors (Lipinski definition) is 3. The largest absolute Gasteiger partial charge is 0.490 e. The normalized spacial score (nSPS) is 17.1. The number of aldehydes is 1. The van der Waals surface area contributed by atoms with Crippen LogP contribution in [0.5, 0.6) is 5.75 Å². The number of carbonyl (C=O) groups is 1. The third-order valence-corrected chi connectivity index (χ3v) is 3.77. The Morgan fingerprint density at radius 3 is 3.00 bits per heavy atom. The smallest absolute Gasteiger partial charge is 0.153 e. The maximum absolute atomic E-state index is 11.1. The predicted octanol–water partition coefficient (Wildman–Crippen LogP) is 3.50. The van der Waals surface area contributed by atoms with Gasteiger partial charge < -0.3 is 9.47 Å². The molecule has 3 nitrogen and oxygen atoms in total. The summed E-state index contributed by atoms with van der Waals surface area (Å²) in [5, 5.41) is 0. The highest BCUT2D eigenvalue weighted by Gasteiger charge is 2.21. The summed E-state index contributed by atoms with van der Waals surface area (Å²) >= 11 is 0. The van der Waals surface area contributed by atoms with Crippen LogP contribution in [0.1, 0.15) is 33.2 Å². The number of aryl methyl sites for hydroxylation is 1. The third kappa shape index (κ3) is 2.98. The second-order valence-corrected chi connectivity index (χ2v) is 5.28. The van der Waals surface area contributed by atoms with Gasteiger partial charge in [-0.15, -0.1) is 0 Å². The van der Waals surface area contributed by atoms with Crippen molar-refractivity contribution >= 4 is 6.29 Å². The van der Waals surface area contributed by atoms with Gasteiger partial charge in [0, 0.05) is 0 Å². The van der Waals surface area contributed by atoms with Crippen LogP contribution in [0.15, 0.2) is 42.5 Å². The molecule has 1 aliphatic rings. The standard InChI is InChI=1S/C18H18O3/c1-13-6-7-17(15(10-13)11-19)21-12-18-16-5-3-2-4-14(16)8-9-20-18/h2-7,10-11,18H,8-9,12H2,1H3. The molecular formula is C18H18O3. The molecule has 3 rings (SSSR count). The molecule has 0 bridgehead atoms. The summed E-state index contributed by atoms with van der Waals surface area (Å²) in [5.74, 6) is 0.613. The molecule has 0 N–H and O–H groups in total. The zero-order valence-electron chi connectivity index (χ0n) is 12.0. The van der Waals surface area contributed by atoms with Crippen LogP contribution in [0.3, 0.4) is 0 Å². The molecular weight excluding hydrogens is 264 g/mol. The number of benzene rings is 2. The molecule has 0 amide bonds. The summed E-state index contributed by atoms with van der Waals surface area (Å²) < 4.78 is 11.6. The molecule has 0 saturated carbocycles. The van der Waals surface area contributed by atoms with Gasteiger partial charge in [-0.1, -0.05) is 35.9 Å². The van der Waals surface area contributed by atoms with Gasteiger partial charge in [0.2, 0.25) is 0 Å². The van der Waals surface area contributed by atoms with Crippen molar-refractivity contribution in [2.24, 2.45) is 0 Å². The van der Waals surface area contributed by atoms with Gasteiger partial charge >= 0.3 is 0 Å². The average Bonchev–Trinajstić information content (AvgIpc) is 2.53. The lowest BCUT2D eigenvalue weighted by molar-refractivity contribution is 0.0101. The van der Waals surface area contributed by atoms with Gasteiger partial charge in [0.05, 0.1) is 12.2 Å². The lowest BCUT2D eigenvalue weighted by Gasteiger charge is -2.26. The van der Waals surface area contributed by atoms with E-state index < -0.39 is 0 Å². The molecule has 1 heterocycles. The van der Waals surface area contributed by atoms with Crippen LogP contribution >= 0.6 is 0 Å². The van der Waals surface area contributed by atoms with Crippen molar-refractivity contribution in [3.63, 3.8) is 0 Å². The Bertz CT molecular complexity index is 649. The van der Waals surface area contributed by atoms with Crippen molar-refractivity contribution in [3.8, 4) is 5.75 Å². The minimum absolute atomic E-state index is 0.0734. The van der Waals surface area contributed by atoms with E-state index in [0.29, 0.717) is 24.5 Å². The van der Waals surface area contributed by atoms with E-state index in [4.69, 9.17) is 9.47 Å². The van der Waals surface area contributed by atoms with Crippen LogP contribution in [0, 0.1) is 6.92 Å². The molecule has 1 aliphatic heterocycles. The summed E-state index contributed by atoms with van der Waals surface area (Å²) in [6, 6.07) is 13.9. The minimum atomic E-state index is -0.0734. The van der Waals surface area contributed by atoms with Gasteiger partial charge in [-0.25, -0.2) is 0 Å². The SMILES string of the molecule is Cc1ccc(OCC2OCCc3ccccc32)c(C=O)c1. The molecule has 108 valence electrons. The van der Waals surface area contributed by atoms with Crippen LogP contribution in [0.4, 0.5) is 0 Å². The summed E-state index contributed by atoms with van der Waals surface area (Å²) in [5.41, 5.74) is 4.13. The van der Waals surface area contributed by atoms with Gasteiger partial charge in [0.1, 0.15) is 18.5 Å². The number of rotatable bonds is 4. The van der Waals surface area contributed by atoms with Crippen molar-refractivity contribution in [3.05, 3.63) is 64.7 Å². The lowest BCUT2D eigenvalue weighted by Crippen LogP contribution is -2.21. The van der Waals surface area contributed by atoms with E-state index in [9.17, 15) is 4.79 Å². The number of carbonyl (C=O) groups excluding carboxylic acids is 1. The first-order valence-corrected chi connectivity index (χ1v) is 7.16. The number of fused-ring (bicyclic) bond motifs is 1.